The lowest BCUT2D eigenvalue weighted by molar-refractivity contribution is -0.134. The van der Waals surface area contributed by atoms with Crippen LogP contribution in [0.15, 0.2) is 30.5 Å². The molecule has 0 aliphatic rings. The summed E-state index contributed by atoms with van der Waals surface area (Å²) in [6.07, 6.45) is 5.93. The number of benzene rings is 1. The third kappa shape index (κ3) is 5.11. The van der Waals surface area contributed by atoms with Gasteiger partial charge in [-0.15, -0.1) is 0 Å². The van der Waals surface area contributed by atoms with Crippen molar-refractivity contribution in [3.8, 4) is 0 Å². The Kier molecular flexibility index (Phi) is 6.85. The fourth-order valence-corrected chi connectivity index (χ4v) is 2.77. The number of aromatic nitrogens is 1. The van der Waals surface area contributed by atoms with Crippen molar-refractivity contribution < 1.29 is 9.59 Å². The maximum atomic E-state index is 12.0. The van der Waals surface area contributed by atoms with E-state index in [-0.39, 0.29) is 18.4 Å². The van der Waals surface area contributed by atoms with Gasteiger partial charge in [0.2, 0.25) is 11.8 Å². The van der Waals surface area contributed by atoms with Gasteiger partial charge >= 0.3 is 0 Å². The Morgan fingerprint density at radius 2 is 2.00 bits per heavy atom. The molecule has 0 unspecified atom stereocenters. The van der Waals surface area contributed by atoms with Gasteiger partial charge in [-0.05, 0) is 24.5 Å². The Morgan fingerprint density at radius 3 is 2.75 bits per heavy atom. The molecule has 0 bridgehead atoms. The molecule has 0 spiro atoms. The molecule has 0 aliphatic heterocycles. The maximum Gasteiger partial charge on any atom is 0.239 e. The Bertz CT molecular complexity index is 678. The molecule has 130 valence electrons. The second kappa shape index (κ2) is 9.11. The number of carbonyl (C=O) groups excluding carboxylic acids is 2. The van der Waals surface area contributed by atoms with Crippen molar-refractivity contribution in [1.82, 2.24) is 15.2 Å². The number of H-pyrrole nitrogens is 1. The predicted molar refractivity (Wildman–Crippen MR) is 96.8 cm³/mol. The number of fused-ring (bicyclic) bond motifs is 1. The summed E-state index contributed by atoms with van der Waals surface area (Å²) in [7, 11) is 0. The van der Waals surface area contributed by atoms with Crippen molar-refractivity contribution in [2.75, 3.05) is 19.6 Å². The van der Waals surface area contributed by atoms with Gasteiger partial charge in [-0.25, -0.2) is 0 Å². The number of aromatic amines is 1. The number of hydrogen-bond acceptors (Lipinski definition) is 2. The van der Waals surface area contributed by atoms with E-state index in [1.54, 1.807) is 4.90 Å². The van der Waals surface area contributed by atoms with Crippen LogP contribution in [0.4, 0.5) is 0 Å². The fourth-order valence-electron chi connectivity index (χ4n) is 2.77. The minimum Gasteiger partial charge on any atom is -0.361 e. The first-order valence-corrected chi connectivity index (χ1v) is 8.69. The lowest BCUT2D eigenvalue weighted by Gasteiger charge is -2.20. The summed E-state index contributed by atoms with van der Waals surface area (Å²) in [5, 5.41) is 4.06. The van der Waals surface area contributed by atoms with Crippen molar-refractivity contribution in [2.24, 2.45) is 0 Å². The minimum atomic E-state index is -0.0831. The van der Waals surface area contributed by atoms with Crippen molar-refractivity contribution >= 4 is 22.7 Å². The Hall–Kier alpha value is -2.30. The summed E-state index contributed by atoms with van der Waals surface area (Å²) < 4.78 is 0. The van der Waals surface area contributed by atoms with Crippen molar-refractivity contribution in [1.29, 1.82) is 0 Å². The number of rotatable bonds is 9. The van der Waals surface area contributed by atoms with E-state index in [1.165, 1.54) is 17.9 Å². The average molecular weight is 329 g/mol. The van der Waals surface area contributed by atoms with Gasteiger partial charge in [-0.2, -0.15) is 0 Å². The summed E-state index contributed by atoms with van der Waals surface area (Å²) in [6.45, 7) is 4.99. The summed E-state index contributed by atoms with van der Waals surface area (Å²) in [5.74, 6) is -0.154. The second-order valence-corrected chi connectivity index (χ2v) is 6.11. The molecule has 0 atom stereocenters. The van der Waals surface area contributed by atoms with E-state index >= 15 is 0 Å². The molecule has 1 aromatic carbocycles. The van der Waals surface area contributed by atoms with E-state index in [0.717, 1.165) is 31.2 Å². The third-order valence-corrected chi connectivity index (χ3v) is 4.21. The normalized spacial score (nSPS) is 10.8. The highest BCUT2D eigenvalue weighted by Crippen LogP contribution is 2.18. The lowest BCUT2D eigenvalue weighted by Crippen LogP contribution is -2.41. The molecule has 0 saturated carbocycles. The van der Waals surface area contributed by atoms with E-state index in [2.05, 4.69) is 23.3 Å². The van der Waals surface area contributed by atoms with Gasteiger partial charge in [-0.1, -0.05) is 38.0 Å². The number of nitrogens with zero attached hydrogens (tertiary/aromatic N) is 1. The minimum absolute atomic E-state index is 0.0708. The Morgan fingerprint density at radius 1 is 1.21 bits per heavy atom. The van der Waals surface area contributed by atoms with Crippen LogP contribution in [0.3, 0.4) is 0 Å². The molecule has 24 heavy (non-hydrogen) atoms. The fraction of sp³-hybridized carbons (Fsp3) is 0.474. The molecular weight excluding hydrogens is 302 g/mol. The van der Waals surface area contributed by atoms with Gasteiger partial charge in [0, 0.05) is 37.1 Å². The summed E-state index contributed by atoms with van der Waals surface area (Å²) in [4.78, 5) is 28.6. The number of hydrogen-bond donors (Lipinski definition) is 2. The van der Waals surface area contributed by atoms with E-state index in [4.69, 9.17) is 0 Å². The van der Waals surface area contributed by atoms with Crippen LogP contribution in [0.25, 0.3) is 10.9 Å². The van der Waals surface area contributed by atoms with Crippen LogP contribution in [-0.4, -0.2) is 41.3 Å². The highest BCUT2D eigenvalue weighted by atomic mass is 16.2. The van der Waals surface area contributed by atoms with Crippen molar-refractivity contribution in [3.05, 3.63) is 36.0 Å². The van der Waals surface area contributed by atoms with Gasteiger partial charge in [0.25, 0.3) is 0 Å². The van der Waals surface area contributed by atoms with Gasteiger partial charge < -0.3 is 15.2 Å². The molecule has 0 radical (unpaired) electrons. The van der Waals surface area contributed by atoms with Crippen LogP contribution in [-0.2, 0) is 16.0 Å². The predicted octanol–water partition coefficient (Wildman–Crippen LogP) is 2.87. The zero-order valence-electron chi connectivity index (χ0n) is 14.6. The van der Waals surface area contributed by atoms with E-state index in [0.29, 0.717) is 13.1 Å². The molecule has 2 aromatic rings. The Labute approximate surface area is 143 Å². The molecule has 5 heteroatoms. The van der Waals surface area contributed by atoms with E-state index in [1.807, 2.05) is 24.4 Å². The zero-order valence-corrected chi connectivity index (χ0v) is 14.6. The van der Waals surface area contributed by atoms with Gasteiger partial charge in [-0.3, -0.25) is 9.59 Å². The molecule has 2 N–H and O–H groups in total. The summed E-state index contributed by atoms with van der Waals surface area (Å²) in [6, 6.07) is 8.10. The molecule has 5 nitrogen and oxygen atoms in total. The molecule has 0 aliphatic carbocycles. The molecular formula is C19H27N3O2. The van der Waals surface area contributed by atoms with Crippen LogP contribution < -0.4 is 5.32 Å². The summed E-state index contributed by atoms with van der Waals surface area (Å²) >= 11 is 0. The first-order valence-electron chi connectivity index (χ1n) is 8.69. The molecule has 1 heterocycles. The maximum absolute atomic E-state index is 12.0. The standard InChI is InChI=1S/C19H27N3O2/c1-3-4-7-11-20-19(24)14-22(15(2)23)12-10-16-13-21-18-9-6-5-8-17(16)18/h5-6,8-9,13,21H,3-4,7,10-12,14H2,1-2H3,(H,20,24). The smallest absolute Gasteiger partial charge is 0.239 e. The van der Waals surface area contributed by atoms with Crippen LogP contribution in [0.5, 0.6) is 0 Å². The van der Waals surface area contributed by atoms with Crippen molar-refractivity contribution in [2.45, 2.75) is 39.5 Å². The van der Waals surface area contributed by atoms with Crippen LogP contribution in [0, 0.1) is 0 Å². The van der Waals surface area contributed by atoms with Gasteiger partial charge in [0.1, 0.15) is 0 Å². The highest BCUT2D eigenvalue weighted by molar-refractivity contribution is 5.84. The number of carbonyl (C=O) groups is 2. The molecule has 0 saturated heterocycles. The van der Waals surface area contributed by atoms with E-state index in [9.17, 15) is 9.59 Å². The van der Waals surface area contributed by atoms with Crippen LogP contribution in [0.2, 0.25) is 0 Å². The topological polar surface area (TPSA) is 65.2 Å². The average Bonchev–Trinajstić information content (AvgIpc) is 2.98. The molecule has 1 aromatic heterocycles. The second-order valence-electron chi connectivity index (χ2n) is 6.11. The largest absolute Gasteiger partial charge is 0.361 e. The zero-order chi connectivity index (χ0) is 17.4. The summed E-state index contributed by atoms with van der Waals surface area (Å²) in [5.41, 5.74) is 2.26. The molecule has 0 fully saturated rings. The van der Waals surface area contributed by atoms with Gasteiger partial charge in [0.05, 0.1) is 6.54 Å². The quantitative estimate of drug-likeness (QED) is 0.695. The third-order valence-electron chi connectivity index (χ3n) is 4.21. The molecule has 2 amide bonds. The van der Waals surface area contributed by atoms with Crippen LogP contribution >= 0.6 is 0 Å². The number of nitrogens with one attached hydrogen (secondary N) is 2. The van der Waals surface area contributed by atoms with Gasteiger partial charge in [0.15, 0.2) is 0 Å². The Balaban J connectivity index is 1.87. The van der Waals surface area contributed by atoms with Crippen molar-refractivity contribution in [3.63, 3.8) is 0 Å². The number of amides is 2. The number of para-hydroxylation sites is 1. The van der Waals surface area contributed by atoms with Crippen LogP contribution in [0.1, 0.15) is 38.7 Å². The number of unbranched alkanes of at least 4 members (excludes halogenated alkanes) is 2. The van der Waals surface area contributed by atoms with E-state index < -0.39 is 0 Å². The lowest BCUT2D eigenvalue weighted by atomic mass is 10.1. The first kappa shape index (κ1) is 18.0. The molecule has 2 rings (SSSR count). The first-order chi connectivity index (χ1) is 11.6. The monoisotopic (exact) mass is 329 g/mol. The highest BCUT2D eigenvalue weighted by Gasteiger charge is 2.14. The SMILES string of the molecule is CCCCCNC(=O)CN(CCc1c[nH]c2ccccc12)C(C)=O.